The summed E-state index contributed by atoms with van der Waals surface area (Å²) in [5, 5.41) is 4.22. The van der Waals surface area contributed by atoms with Crippen LogP contribution in [0.25, 0.3) is 22.0 Å². The third kappa shape index (κ3) is 2.21. The second-order valence-corrected chi connectivity index (χ2v) is 6.29. The number of amides is 1. The molecule has 4 rings (SSSR count). The Morgan fingerprint density at radius 2 is 1.96 bits per heavy atom. The molecule has 2 aromatic carbocycles. The lowest BCUT2D eigenvalue weighted by Gasteiger charge is -2.25. The quantitative estimate of drug-likeness (QED) is 0.705. The molecule has 3 aromatic rings. The van der Waals surface area contributed by atoms with Crippen molar-refractivity contribution in [1.29, 1.82) is 0 Å². The summed E-state index contributed by atoms with van der Waals surface area (Å²) in [6, 6.07) is 12.1. The van der Waals surface area contributed by atoms with E-state index in [1.54, 1.807) is 18.2 Å². The highest BCUT2D eigenvalue weighted by molar-refractivity contribution is 6.30. The third-order valence-electron chi connectivity index (χ3n) is 4.28. The maximum atomic E-state index is 14.1. The molecular weight excluding hydrogens is 315 g/mol. The van der Waals surface area contributed by atoms with E-state index < -0.39 is 0 Å². The van der Waals surface area contributed by atoms with Crippen molar-refractivity contribution >= 4 is 28.4 Å². The largest absolute Gasteiger partial charge is 0.349 e. The first kappa shape index (κ1) is 14.3. The highest BCUT2D eigenvalue weighted by atomic mass is 35.5. The normalized spacial score (nSPS) is 17.2. The lowest BCUT2D eigenvalue weighted by Crippen LogP contribution is -2.37. The molecule has 1 N–H and O–H groups in total. The summed E-state index contributed by atoms with van der Waals surface area (Å²) in [5.74, 6) is -0.444. The summed E-state index contributed by atoms with van der Waals surface area (Å²) in [7, 11) is 0. The molecule has 0 saturated carbocycles. The number of carbonyl (C=O) groups excluding carboxylic acids is 1. The molecule has 2 heterocycles. The molecule has 0 aliphatic carbocycles. The molecule has 3 nitrogen and oxygen atoms in total. The van der Waals surface area contributed by atoms with Crippen LogP contribution in [0.3, 0.4) is 0 Å². The Morgan fingerprint density at radius 1 is 1.22 bits per heavy atom. The van der Waals surface area contributed by atoms with E-state index >= 15 is 0 Å². The maximum Gasteiger partial charge on any atom is 0.268 e. The van der Waals surface area contributed by atoms with Crippen LogP contribution in [-0.2, 0) is 0 Å². The number of aromatic nitrogens is 1. The molecule has 1 aromatic heterocycles. The van der Waals surface area contributed by atoms with E-state index in [0.29, 0.717) is 17.3 Å². The van der Waals surface area contributed by atoms with Crippen LogP contribution >= 0.6 is 11.6 Å². The van der Waals surface area contributed by atoms with Crippen molar-refractivity contribution in [2.45, 2.75) is 13.0 Å². The molecule has 0 bridgehead atoms. The first-order chi connectivity index (χ1) is 11.0. The molecule has 1 amide bonds. The third-order valence-corrected chi connectivity index (χ3v) is 4.54. The SMILES string of the molecule is CC1CNC(=O)c2cc3cc(F)cc(-c4ccc(Cl)cc4)c3n21. The Labute approximate surface area is 137 Å². The number of carbonyl (C=O) groups is 1. The van der Waals surface area contributed by atoms with Gasteiger partial charge >= 0.3 is 0 Å². The van der Waals surface area contributed by atoms with E-state index in [-0.39, 0.29) is 17.8 Å². The van der Waals surface area contributed by atoms with Crippen molar-refractivity contribution in [3.8, 4) is 11.1 Å². The summed E-state index contributed by atoms with van der Waals surface area (Å²) < 4.78 is 16.1. The Balaban J connectivity index is 2.08. The number of fused-ring (bicyclic) bond motifs is 3. The Hall–Kier alpha value is -2.33. The molecule has 1 aliphatic heterocycles. The van der Waals surface area contributed by atoms with Gasteiger partial charge in [-0.15, -0.1) is 0 Å². The van der Waals surface area contributed by atoms with Gasteiger partial charge in [0, 0.05) is 28.6 Å². The van der Waals surface area contributed by atoms with Crippen LogP contribution in [0.5, 0.6) is 0 Å². The van der Waals surface area contributed by atoms with Gasteiger partial charge in [-0.1, -0.05) is 23.7 Å². The summed E-state index contributed by atoms with van der Waals surface area (Å²) in [6.07, 6.45) is 0. The molecule has 0 radical (unpaired) electrons. The van der Waals surface area contributed by atoms with E-state index in [9.17, 15) is 9.18 Å². The molecule has 5 heteroatoms. The number of halogens is 2. The average molecular weight is 329 g/mol. The van der Waals surface area contributed by atoms with Gasteiger partial charge < -0.3 is 9.88 Å². The predicted octanol–water partition coefficient (Wildman–Crippen LogP) is 4.41. The van der Waals surface area contributed by atoms with E-state index in [2.05, 4.69) is 5.32 Å². The van der Waals surface area contributed by atoms with Gasteiger partial charge in [-0.25, -0.2) is 4.39 Å². The highest BCUT2D eigenvalue weighted by Crippen LogP contribution is 2.35. The minimum absolute atomic E-state index is 0.108. The topological polar surface area (TPSA) is 34.0 Å². The van der Waals surface area contributed by atoms with Gasteiger partial charge in [-0.05, 0) is 42.8 Å². The molecule has 23 heavy (non-hydrogen) atoms. The van der Waals surface area contributed by atoms with Crippen LogP contribution in [-0.4, -0.2) is 17.0 Å². The Bertz CT molecular complexity index is 930. The average Bonchev–Trinajstić information content (AvgIpc) is 2.91. The second-order valence-electron chi connectivity index (χ2n) is 5.86. The van der Waals surface area contributed by atoms with E-state index in [1.807, 2.05) is 23.6 Å². The smallest absolute Gasteiger partial charge is 0.268 e. The zero-order valence-corrected chi connectivity index (χ0v) is 13.2. The Morgan fingerprint density at radius 3 is 2.70 bits per heavy atom. The number of nitrogens with one attached hydrogen (secondary N) is 1. The number of nitrogens with zero attached hydrogens (tertiary/aromatic N) is 1. The number of hydrogen-bond acceptors (Lipinski definition) is 1. The molecule has 1 unspecified atom stereocenters. The predicted molar refractivity (Wildman–Crippen MR) is 89.4 cm³/mol. The molecule has 0 spiro atoms. The van der Waals surface area contributed by atoms with Crippen molar-refractivity contribution in [1.82, 2.24) is 9.88 Å². The maximum absolute atomic E-state index is 14.1. The lowest BCUT2D eigenvalue weighted by atomic mass is 10.0. The molecule has 1 atom stereocenters. The van der Waals surface area contributed by atoms with Gasteiger partial charge in [0.2, 0.25) is 0 Å². The minimum atomic E-state index is -0.321. The molecular formula is C18H14ClFN2O. The Kier molecular flexibility index (Phi) is 3.16. The zero-order chi connectivity index (χ0) is 16.1. The minimum Gasteiger partial charge on any atom is -0.349 e. The van der Waals surface area contributed by atoms with E-state index in [0.717, 1.165) is 22.0 Å². The summed E-state index contributed by atoms with van der Waals surface area (Å²) in [6.45, 7) is 2.60. The van der Waals surface area contributed by atoms with Gasteiger partial charge in [0.15, 0.2) is 0 Å². The van der Waals surface area contributed by atoms with Crippen LogP contribution in [0.2, 0.25) is 5.02 Å². The fraction of sp³-hybridized carbons (Fsp3) is 0.167. The molecule has 0 fully saturated rings. The second kappa shape index (κ2) is 5.10. The first-order valence-corrected chi connectivity index (χ1v) is 7.81. The van der Waals surface area contributed by atoms with E-state index in [1.165, 1.54) is 12.1 Å². The fourth-order valence-electron chi connectivity index (χ4n) is 3.24. The molecule has 1 aliphatic rings. The van der Waals surface area contributed by atoms with Crippen molar-refractivity contribution in [2.75, 3.05) is 6.54 Å². The van der Waals surface area contributed by atoms with Crippen molar-refractivity contribution in [3.63, 3.8) is 0 Å². The van der Waals surface area contributed by atoms with E-state index in [4.69, 9.17) is 11.6 Å². The number of hydrogen-bond donors (Lipinski definition) is 1. The van der Waals surface area contributed by atoms with Crippen LogP contribution < -0.4 is 5.32 Å². The van der Waals surface area contributed by atoms with Crippen molar-refractivity contribution < 1.29 is 9.18 Å². The van der Waals surface area contributed by atoms with Gasteiger partial charge in [0.25, 0.3) is 5.91 Å². The summed E-state index contributed by atoms with van der Waals surface area (Å²) in [4.78, 5) is 12.1. The van der Waals surface area contributed by atoms with Crippen molar-refractivity contribution in [3.05, 3.63) is 59.0 Å². The van der Waals surface area contributed by atoms with Crippen molar-refractivity contribution in [2.24, 2.45) is 0 Å². The molecule has 116 valence electrons. The van der Waals surface area contributed by atoms with Crippen LogP contribution in [0.1, 0.15) is 23.5 Å². The van der Waals surface area contributed by atoms with Crippen LogP contribution in [0.4, 0.5) is 4.39 Å². The summed E-state index contributed by atoms with van der Waals surface area (Å²) >= 11 is 5.95. The number of rotatable bonds is 1. The van der Waals surface area contributed by atoms with Gasteiger partial charge in [0.1, 0.15) is 11.5 Å². The monoisotopic (exact) mass is 328 g/mol. The van der Waals surface area contributed by atoms with Gasteiger partial charge in [-0.3, -0.25) is 4.79 Å². The first-order valence-electron chi connectivity index (χ1n) is 7.43. The molecule has 0 saturated heterocycles. The summed E-state index contributed by atoms with van der Waals surface area (Å²) in [5.41, 5.74) is 3.09. The fourth-order valence-corrected chi connectivity index (χ4v) is 3.37. The highest BCUT2D eigenvalue weighted by Gasteiger charge is 2.26. The lowest BCUT2D eigenvalue weighted by molar-refractivity contribution is 0.0919. The number of benzene rings is 2. The van der Waals surface area contributed by atoms with Crippen LogP contribution in [0.15, 0.2) is 42.5 Å². The van der Waals surface area contributed by atoms with Gasteiger partial charge in [0.05, 0.1) is 5.52 Å². The van der Waals surface area contributed by atoms with Crippen LogP contribution in [0, 0.1) is 5.82 Å². The van der Waals surface area contributed by atoms with Gasteiger partial charge in [-0.2, -0.15) is 0 Å². The zero-order valence-electron chi connectivity index (χ0n) is 12.4. The standard InChI is InChI=1S/C18H14ClFN2O/c1-10-9-21-18(23)16-7-12-6-14(20)8-15(17(12)22(10)16)11-2-4-13(19)5-3-11/h2-8,10H,9H2,1H3,(H,21,23).